The van der Waals surface area contributed by atoms with Gasteiger partial charge in [0.2, 0.25) is 0 Å². The molecule has 0 atom stereocenters. The van der Waals surface area contributed by atoms with E-state index < -0.39 is 0 Å². The molecule has 0 radical (unpaired) electrons. The summed E-state index contributed by atoms with van der Waals surface area (Å²) in [5.74, 6) is 1.26. The Morgan fingerprint density at radius 3 is 2.47 bits per heavy atom. The number of fused-ring (bicyclic) bond motifs is 1. The third kappa shape index (κ3) is 2.02. The van der Waals surface area contributed by atoms with E-state index in [1.807, 2.05) is 10.6 Å². The van der Waals surface area contributed by atoms with Crippen LogP contribution in [-0.4, -0.2) is 9.38 Å². The monoisotopic (exact) mass is 271 g/mol. The van der Waals surface area contributed by atoms with Gasteiger partial charge in [-0.25, -0.2) is 4.98 Å². The van der Waals surface area contributed by atoms with E-state index in [9.17, 15) is 0 Å². The number of thiazole rings is 1. The molecule has 2 N–H and O–H groups in total. The summed E-state index contributed by atoms with van der Waals surface area (Å²) in [6.45, 7) is 6.45. The molecule has 0 spiro atoms. The molecule has 3 aromatic rings. The maximum atomic E-state index is 6.19. The smallest absolute Gasteiger partial charge is 0.196 e. The topological polar surface area (TPSA) is 43.3 Å². The van der Waals surface area contributed by atoms with Gasteiger partial charge in [-0.15, -0.1) is 11.3 Å². The molecule has 0 amide bonds. The number of aromatic nitrogens is 2. The second-order valence-corrected chi connectivity index (χ2v) is 6.33. The van der Waals surface area contributed by atoms with Crippen LogP contribution in [0.4, 0.5) is 5.82 Å². The first-order chi connectivity index (χ1) is 9.06. The van der Waals surface area contributed by atoms with E-state index in [1.165, 1.54) is 10.4 Å². The molecule has 0 saturated heterocycles. The molecule has 2 heterocycles. The van der Waals surface area contributed by atoms with Crippen LogP contribution < -0.4 is 5.73 Å². The molecule has 0 fully saturated rings. The molecule has 3 rings (SSSR count). The van der Waals surface area contributed by atoms with Gasteiger partial charge in [0.05, 0.1) is 0 Å². The lowest BCUT2D eigenvalue weighted by Crippen LogP contribution is -1.93. The molecule has 0 aliphatic rings. The highest BCUT2D eigenvalue weighted by Crippen LogP contribution is 2.30. The van der Waals surface area contributed by atoms with E-state index in [2.05, 4.69) is 50.0 Å². The van der Waals surface area contributed by atoms with Crippen LogP contribution in [0.15, 0.2) is 30.5 Å². The second-order valence-electron chi connectivity index (χ2n) is 5.12. The van der Waals surface area contributed by atoms with Crippen molar-refractivity contribution in [2.75, 3.05) is 5.73 Å². The number of hydrogen-bond donors (Lipinski definition) is 1. The summed E-state index contributed by atoms with van der Waals surface area (Å²) in [6.07, 6.45) is 2.04. The van der Waals surface area contributed by atoms with Crippen LogP contribution >= 0.6 is 11.3 Å². The zero-order valence-electron chi connectivity index (χ0n) is 11.3. The molecular formula is C15H17N3S. The van der Waals surface area contributed by atoms with E-state index in [-0.39, 0.29) is 0 Å². The van der Waals surface area contributed by atoms with E-state index in [0.29, 0.717) is 5.92 Å². The Kier molecular flexibility index (Phi) is 2.82. The molecule has 0 aliphatic carbocycles. The van der Waals surface area contributed by atoms with Gasteiger partial charge in [-0.3, -0.25) is 4.40 Å². The first-order valence-corrected chi connectivity index (χ1v) is 7.22. The maximum absolute atomic E-state index is 6.19. The van der Waals surface area contributed by atoms with Crippen LogP contribution in [0.3, 0.4) is 0 Å². The maximum Gasteiger partial charge on any atom is 0.196 e. The normalized spacial score (nSPS) is 11.6. The number of benzene rings is 1. The second kappa shape index (κ2) is 4.38. The minimum Gasteiger partial charge on any atom is -0.383 e. The number of aryl methyl sites for hydroxylation is 1. The zero-order chi connectivity index (χ0) is 13.6. The standard InChI is InChI=1S/C15H17N3S/c1-9(2)11-4-6-12(7-5-11)13-14(16)18-8-10(3)19-15(18)17-13/h4-9H,16H2,1-3H3. The first-order valence-electron chi connectivity index (χ1n) is 6.40. The van der Waals surface area contributed by atoms with Gasteiger partial charge >= 0.3 is 0 Å². The van der Waals surface area contributed by atoms with Gasteiger partial charge in [0, 0.05) is 16.6 Å². The largest absolute Gasteiger partial charge is 0.383 e. The molecule has 4 heteroatoms. The molecule has 19 heavy (non-hydrogen) atoms. The Bertz CT molecular complexity index is 720. The Labute approximate surface area is 116 Å². The van der Waals surface area contributed by atoms with E-state index >= 15 is 0 Å². The summed E-state index contributed by atoms with van der Waals surface area (Å²) in [7, 11) is 0. The quantitative estimate of drug-likeness (QED) is 0.763. The van der Waals surface area contributed by atoms with Crippen LogP contribution in [0.1, 0.15) is 30.2 Å². The van der Waals surface area contributed by atoms with Crippen molar-refractivity contribution in [3.63, 3.8) is 0 Å². The Morgan fingerprint density at radius 2 is 1.89 bits per heavy atom. The average Bonchev–Trinajstić information content (AvgIpc) is 2.88. The fraction of sp³-hybridized carbons (Fsp3) is 0.267. The fourth-order valence-corrected chi connectivity index (χ4v) is 3.04. The van der Waals surface area contributed by atoms with Gasteiger partial charge in [-0.2, -0.15) is 0 Å². The van der Waals surface area contributed by atoms with Crippen LogP contribution in [-0.2, 0) is 0 Å². The number of nitrogens with two attached hydrogens (primary N) is 1. The van der Waals surface area contributed by atoms with Crippen molar-refractivity contribution in [3.8, 4) is 11.3 Å². The third-order valence-corrected chi connectivity index (χ3v) is 4.23. The molecule has 98 valence electrons. The first kappa shape index (κ1) is 12.2. The number of anilines is 1. The molecule has 0 unspecified atom stereocenters. The molecule has 0 saturated carbocycles. The van der Waals surface area contributed by atoms with Crippen molar-refractivity contribution in [2.24, 2.45) is 0 Å². The highest BCUT2D eigenvalue weighted by molar-refractivity contribution is 7.17. The highest BCUT2D eigenvalue weighted by Gasteiger charge is 2.13. The number of imidazole rings is 1. The lowest BCUT2D eigenvalue weighted by atomic mass is 10.0. The fourth-order valence-electron chi connectivity index (χ4n) is 2.21. The Morgan fingerprint density at radius 1 is 1.21 bits per heavy atom. The summed E-state index contributed by atoms with van der Waals surface area (Å²) in [4.78, 5) is 6.81. The van der Waals surface area contributed by atoms with Gasteiger partial charge in [0.25, 0.3) is 0 Å². The zero-order valence-corrected chi connectivity index (χ0v) is 12.2. The minimum absolute atomic E-state index is 0.541. The summed E-state index contributed by atoms with van der Waals surface area (Å²) >= 11 is 1.66. The van der Waals surface area contributed by atoms with Crippen molar-refractivity contribution in [3.05, 3.63) is 40.9 Å². The summed E-state index contributed by atoms with van der Waals surface area (Å²) in [5.41, 5.74) is 9.48. The lowest BCUT2D eigenvalue weighted by Gasteiger charge is -2.06. The number of nitrogens with zero attached hydrogens (tertiary/aromatic N) is 2. The highest BCUT2D eigenvalue weighted by atomic mass is 32.1. The molecule has 2 aromatic heterocycles. The van der Waals surface area contributed by atoms with Gasteiger partial charge in [-0.05, 0) is 18.4 Å². The van der Waals surface area contributed by atoms with Crippen LogP contribution in [0.5, 0.6) is 0 Å². The molecule has 3 nitrogen and oxygen atoms in total. The van der Waals surface area contributed by atoms with Crippen LogP contribution in [0.2, 0.25) is 0 Å². The van der Waals surface area contributed by atoms with Gasteiger partial charge in [0.1, 0.15) is 11.5 Å². The lowest BCUT2D eigenvalue weighted by molar-refractivity contribution is 0.867. The summed E-state index contributed by atoms with van der Waals surface area (Å²) in [5, 5.41) is 0. The molecule has 1 aromatic carbocycles. The van der Waals surface area contributed by atoms with E-state index in [4.69, 9.17) is 5.73 Å². The van der Waals surface area contributed by atoms with Gasteiger partial charge < -0.3 is 5.73 Å². The predicted octanol–water partition coefficient (Wildman–Crippen LogP) is 4.08. The Hall–Kier alpha value is -1.81. The minimum atomic E-state index is 0.541. The predicted molar refractivity (Wildman–Crippen MR) is 81.7 cm³/mol. The van der Waals surface area contributed by atoms with Crippen molar-refractivity contribution in [1.29, 1.82) is 0 Å². The average molecular weight is 271 g/mol. The van der Waals surface area contributed by atoms with Crippen molar-refractivity contribution < 1.29 is 0 Å². The number of rotatable bonds is 2. The summed E-state index contributed by atoms with van der Waals surface area (Å²) < 4.78 is 1.96. The molecule has 0 aliphatic heterocycles. The molecular weight excluding hydrogens is 254 g/mol. The van der Waals surface area contributed by atoms with Crippen molar-refractivity contribution in [2.45, 2.75) is 26.7 Å². The Balaban J connectivity index is 2.08. The van der Waals surface area contributed by atoms with Gasteiger partial charge in [-0.1, -0.05) is 38.1 Å². The number of hydrogen-bond acceptors (Lipinski definition) is 3. The van der Waals surface area contributed by atoms with Gasteiger partial charge in [0.15, 0.2) is 4.96 Å². The molecule has 0 bridgehead atoms. The number of nitrogen functional groups attached to an aromatic ring is 1. The van der Waals surface area contributed by atoms with Crippen molar-refractivity contribution in [1.82, 2.24) is 9.38 Å². The SMILES string of the molecule is Cc1cn2c(N)c(-c3ccc(C(C)C)cc3)nc2s1. The van der Waals surface area contributed by atoms with Crippen LogP contribution in [0.25, 0.3) is 16.2 Å². The van der Waals surface area contributed by atoms with Crippen molar-refractivity contribution >= 4 is 22.1 Å². The summed E-state index contributed by atoms with van der Waals surface area (Å²) in [6, 6.07) is 8.51. The van der Waals surface area contributed by atoms with E-state index in [0.717, 1.165) is 22.0 Å². The third-order valence-electron chi connectivity index (χ3n) is 3.33. The van der Waals surface area contributed by atoms with Crippen LogP contribution in [0, 0.1) is 6.92 Å². The van der Waals surface area contributed by atoms with E-state index in [1.54, 1.807) is 11.3 Å².